The molecule has 0 aromatic rings. The van der Waals surface area contributed by atoms with E-state index in [1.807, 2.05) is 20.8 Å². The fraction of sp³-hybridized carbons (Fsp3) is 0.905. The van der Waals surface area contributed by atoms with Crippen molar-refractivity contribution >= 4 is 12.1 Å². The summed E-state index contributed by atoms with van der Waals surface area (Å²) < 4.78 is 5.21. The minimum absolute atomic E-state index is 0.371. The van der Waals surface area contributed by atoms with Gasteiger partial charge in [-0.15, -0.1) is 0 Å². The zero-order valence-electron chi connectivity index (χ0n) is 18.8. The zero-order chi connectivity index (χ0) is 20.8. The van der Waals surface area contributed by atoms with Gasteiger partial charge in [-0.1, -0.05) is 6.92 Å². The molecule has 0 spiro atoms. The molecule has 7 nitrogen and oxygen atoms in total. The van der Waals surface area contributed by atoms with Crippen molar-refractivity contribution in [1.29, 1.82) is 0 Å². The van der Waals surface area contributed by atoms with E-state index in [0.29, 0.717) is 13.1 Å². The van der Waals surface area contributed by atoms with Gasteiger partial charge in [-0.25, -0.2) is 4.79 Å². The van der Waals surface area contributed by atoms with Gasteiger partial charge in [0.1, 0.15) is 5.60 Å². The number of aliphatic imine (C=N–C) groups is 1. The van der Waals surface area contributed by atoms with Crippen molar-refractivity contribution in [1.82, 2.24) is 20.9 Å². The van der Waals surface area contributed by atoms with Crippen LogP contribution in [0, 0.1) is 5.92 Å². The first-order valence-electron chi connectivity index (χ1n) is 11.0. The molecule has 28 heavy (non-hydrogen) atoms. The van der Waals surface area contributed by atoms with Crippen LogP contribution in [0.2, 0.25) is 0 Å². The van der Waals surface area contributed by atoms with E-state index in [1.165, 1.54) is 38.9 Å². The lowest BCUT2D eigenvalue weighted by Gasteiger charge is -2.30. The van der Waals surface area contributed by atoms with Crippen molar-refractivity contribution < 1.29 is 9.53 Å². The second-order valence-electron chi connectivity index (χ2n) is 8.70. The fourth-order valence-corrected chi connectivity index (χ4v) is 3.07. The number of likely N-dealkylation sites (tertiary alicyclic amines) is 1. The number of rotatable bonds is 10. The molecule has 0 unspecified atom stereocenters. The number of hydrogen-bond donors (Lipinski definition) is 3. The standard InChI is InChI=1S/C21H43N5O2/c1-6-22-19(24-13-9-14-25-20(27)28-21(3,4)5)23-12-7-8-15-26-16-10-18(2)11-17-26/h18H,6-17H2,1-5H3,(H,25,27)(H2,22,23,24). The third-order valence-electron chi connectivity index (χ3n) is 4.69. The van der Waals surface area contributed by atoms with E-state index < -0.39 is 5.60 Å². The molecule has 0 saturated carbocycles. The predicted molar refractivity (Wildman–Crippen MR) is 117 cm³/mol. The molecule has 0 aliphatic carbocycles. The van der Waals surface area contributed by atoms with Crippen LogP contribution in [0.4, 0.5) is 4.79 Å². The van der Waals surface area contributed by atoms with Gasteiger partial charge in [-0.05, 0) is 85.4 Å². The number of guanidine groups is 1. The van der Waals surface area contributed by atoms with Crippen molar-refractivity contribution in [2.75, 3.05) is 45.8 Å². The third-order valence-corrected chi connectivity index (χ3v) is 4.69. The normalized spacial score (nSPS) is 16.7. The smallest absolute Gasteiger partial charge is 0.407 e. The molecule has 0 radical (unpaired) electrons. The minimum atomic E-state index is -0.462. The van der Waals surface area contributed by atoms with Crippen LogP contribution in [0.1, 0.15) is 66.7 Å². The molecule has 164 valence electrons. The summed E-state index contributed by atoms with van der Waals surface area (Å²) in [6, 6.07) is 0. The van der Waals surface area contributed by atoms with Crippen molar-refractivity contribution in [3.8, 4) is 0 Å². The summed E-state index contributed by atoms with van der Waals surface area (Å²) in [4.78, 5) is 18.8. The van der Waals surface area contributed by atoms with E-state index in [1.54, 1.807) is 0 Å². The number of unbranched alkanes of at least 4 members (excludes halogenated alkanes) is 1. The van der Waals surface area contributed by atoms with Crippen molar-refractivity contribution in [3.63, 3.8) is 0 Å². The second-order valence-corrected chi connectivity index (χ2v) is 8.70. The van der Waals surface area contributed by atoms with Gasteiger partial charge in [0, 0.05) is 26.2 Å². The number of carbonyl (C=O) groups is 1. The lowest BCUT2D eigenvalue weighted by molar-refractivity contribution is 0.0527. The number of ether oxygens (including phenoxy) is 1. The highest BCUT2D eigenvalue weighted by Gasteiger charge is 2.15. The average Bonchev–Trinajstić information content (AvgIpc) is 2.61. The van der Waals surface area contributed by atoms with Gasteiger partial charge in [0.25, 0.3) is 0 Å². The van der Waals surface area contributed by atoms with E-state index in [0.717, 1.165) is 37.8 Å². The highest BCUT2D eigenvalue weighted by Crippen LogP contribution is 2.16. The predicted octanol–water partition coefficient (Wildman–Crippen LogP) is 2.97. The maximum atomic E-state index is 11.6. The molecule has 1 rings (SSSR count). The van der Waals surface area contributed by atoms with Gasteiger partial charge < -0.3 is 25.6 Å². The number of hydrogen-bond acceptors (Lipinski definition) is 4. The SMILES string of the molecule is CCNC(=NCCCNC(=O)OC(C)(C)C)NCCCCN1CCC(C)CC1. The molecule has 1 saturated heterocycles. The Morgan fingerprint density at radius 1 is 1.07 bits per heavy atom. The summed E-state index contributed by atoms with van der Waals surface area (Å²) in [6.07, 6.45) is 5.47. The summed E-state index contributed by atoms with van der Waals surface area (Å²) in [6.45, 7) is 16.7. The first-order chi connectivity index (χ1) is 13.3. The quantitative estimate of drug-likeness (QED) is 0.300. The zero-order valence-corrected chi connectivity index (χ0v) is 18.8. The van der Waals surface area contributed by atoms with E-state index in [2.05, 4.69) is 39.7 Å². The molecule has 0 bridgehead atoms. The average molecular weight is 398 g/mol. The Balaban J connectivity index is 2.12. The number of alkyl carbamates (subject to hydrolysis) is 1. The van der Waals surface area contributed by atoms with Crippen molar-refractivity contribution in [3.05, 3.63) is 0 Å². The van der Waals surface area contributed by atoms with E-state index in [-0.39, 0.29) is 6.09 Å². The Bertz CT molecular complexity index is 454. The van der Waals surface area contributed by atoms with Crippen LogP contribution >= 0.6 is 0 Å². The van der Waals surface area contributed by atoms with Crippen LogP contribution in [0.3, 0.4) is 0 Å². The minimum Gasteiger partial charge on any atom is -0.444 e. The molecule has 1 fully saturated rings. The molecule has 1 heterocycles. The van der Waals surface area contributed by atoms with Gasteiger partial charge in [0.15, 0.2) is 5.96 Å². The molecule has 1 amide bonds. The van der Waals surface area contributed by atoms with Crippen LogP contribution in [0.5, 0.6) is 0 Å². The van der Waals surface area contributed by atoms with Crippen molar-refractivity contribution in [2.24, 2.45) is 10.9 Å². The number of carbonyl (C=O) groups excluding carboxylic acids is 1. The van der Waals surface area contributed by atoms with Crippen LogP contribution in [-0.2, 0) is 4.74 Å². The molecule has 1 aliphatic heterocycles. The number of amides is 1. The molecular weight excluding hydrogens is 354 g/mol. The molecule has 0 aromatic carbocycles. The third kappa shape index (κ3) is 12.8. The van der Waals surface area contributed by atoms with Crippen LogP contribution in [0.25, 0.3) is 0 Å². The molecule has 7 heteroatoms. The Hall–Kier alpha value is -1.50. The van der Waals surface area contributed by atoms with E-state index in [4.69, 9.17) is 4.74 Å². The van der Waals surface area contributed by atoms with Crippen LogP contribution in [-0.4, -0.2) is 68.4 Å². The first-order valence-corrected chi connectivity index (χ1v) is 11.0. The number of nitrogens with one attached hydrogen (secondary N) is 3. The molecule has 1 aliphatic rings. The summed E-state index contributed by atoms with van der Waals surface area (Å²) in [5, 5.41) is 9.44. The maximum Gasteiger partial charge on any atom is 0.407 e. The number of piperidine rings is 1. The Morgan fingerprint density at radius 2 is 1.75 bits per heavy atom. The van der Waals surface area contributed by atoms with E-state index in [9.17, 15) is 4.79 Å². The van der Waals surface area contributed by atoms with Gasteiger partial charge in [0.2, 0.25) is 0 Å². The maximum absolute atomic E-state index is 11.6. The summed E-state index contributed by atoms with van der Waals surface area (Å²) >= 11 is 0. The Labute approximate surface area is 172 Å². The molecule has 0 atom stereocenters. The Morgan fingerprint density at radius 3 is 2.39 bits per heavy atom. The van der Waals surface area contributed by atoms with Gasteiger partial charge in [-0.2, -0.15) is 0 Å². The van der Waals surface area contributed by atoms with Crippen molar-refractivity contribution in [2.45, 2.75) is 72.3 Å². The van der Waals surface area contributed by atoms with Gasteiger partial charge >= 0.3 is 6.09 Å². The highest BCUT2D eigenvalue weighted by atomic mass is 16.6. The Kier molecular flexibility index (Phi) is 12.0. The highest BCUT2D eigenvalue weighted by molar-refractivity contribution is 5.79. The van der Waals surface area contributed by atoms with E-state index >= 15 is 0 Å². The molecule has 0 aromatic heterocycles. The summed E-state index contributed by atoms with van der Waals surface area (Å²) in [5.41, 5.74) is -0.462. The van der Waals surface area contributed by atoms with Crippen LogP contribution < -0.4 is 16.0 Å². The lowest BCUT2D eigenvalue weighted by atomic mass is 9.99. The summed E-state index contributed by atoms with van der Waals surface area (Å²) in [5.74, 6) is 1.75. The topological polar surface area (TPSA) is 78.0 Å². The van der Waals surface area contributed by atoms with Gasteiger partial charge in [-0.3, -0.25) is 4.99 Å². The molecular formula is C21H43N5O2. The fourth-order valence-electron chi connectivity index (χ4n) is 3.07. The second kappa shape index (κ2) is 13.6. The summed E-state index contributed by atoms with van der Waals surface area (Å²) in [7, 11) is 0. The largest absolute Gasteiger partial charge is 0.444 e. The molecule has 3 N–H and O–H groups in total. The lowest BCUT2D eigenvalue weighted by Crippen LogP contribution is -2.38. The first kappa shape index (κ1) is 24.5. The van der Waals surface area contributed by atoms with Crippen LogP contribution in [0.15, 0.2) is 4.99 Å². The number of nitrogens with zero attached hydrogens (tertiary/aromatic N) is 2. The van der Waals surface area contributed by atoms with Gasteiger partial charge in [0.05, 0.1) is 0 Å². The monoisotopic (exact) mass is 397 g/mol.